The van der Waals surface area contributed by atoms with E-state index in [1.54, 1.807) is 42.9 Å². The summed E-state index contributed by atoms with van der Waals surface area (Å²) in [6, 6.07) is 6.75. The third-order valence-corrected chi connectivity index (χ3v) is 4.29. The van der Waals surface area contributed by atoms with E-state index < -0.39 is 28.4 Å². The second kappa shape index (κ2) is 7.05. The highest BCUT2D eigenvalue weighted by Crippen LogP contribution is 2.21. The van der Waals surface area contributed by atoms with E-state index in [0.717, 1.165) is 0 Å². The molecule has 9 heteroatoms. The van der Waals surface area contributed by atoms with Gasteiger partial charge in [-0.2, -0.15) is 13.2 Å². The van der Waals surface area contributed by atoms with Crippen molar-refractivity contribution in [3.8, 4) is 11.3 Å². The number of rotatable bonds is 6. The van der Waals surface area contributed by atoms with E-state index in [1.165, 1.54) is 0 Å². The van der Waals surface area contributed by atoms with Gasteiger partial charge in [0.25, 0.3) is 0 Å². The van der Waals surface area contributed by atoms with Crippen LogP contribution in [0.3, 0.4) is 0 Å². The number of nitrogens with one attached hydrogen (secondary N) is 1. The maximum atomic E-state index is 12.1. The van der Waals surface area contributed by atoms with Gasteiger partial charge in [-0.05, 0) is 23.8 Å². The Morgan fingerprint density at radius 3 is 2.52 bits per heavy atom. The summed E-state index contributed by atoms with van der Waals surface area (Å²) < 4.78 is 61.9. The highest BCUT2D eigenvalue weighted by Gasteiger charge is 2.29. The molecule has 0 amide bonds. The van der Waals surface area contributed by atoms with Crippen LogP contribution in [0.25, 0.3) is 11.3 Å². The average molecular weight is 345 g/mol. The second-order valence-electron chi connectivity index (χ2n) is 4.76. The minimum absolute atomic E-state index is 0.141. The zero-order chi connectivity index (χ0) is 16.9. The van der Waals surface area contributed by atoms with Gasteiger partial charge in [-0.1, -0.05) is 6.07 Å². The van der Waals surface area contributed by atoms with Crippen molar-refractivity contribution in [2.45, 2.75) is 19.1 Å². The molecule has 0 fully saturated rings. The Hall–Kier alpha value is -2.00. The van der Waals surface area contributed by atoms with E-state index in [0.29, 0.717) is 16.8 Å². The molecule has 2 aromatic rings. The molecule has 0 bridgehead atoms. The van der Waals surface area contributed by atoms with Gasteiger partial charge in [0.05, 0.1) is 17.9 Å². The highest BCUT2D eigenvalue weighted by atomic mass is 32.2. The van der Waals surface area contributed by atoms with Gasteiger partial charge < -0.3 is 0 Å². The molecule has 0 atom stereocenters. The van der Waals surface area contributed by atoms with Crippen LogP contribution in [0.15, 0.2) is 42.9 Å². The molecule has 2 heterocycles. The zero-order valence-corrected chi connectivity index (χ0v) is 12.7. The number of sulfonamides is 1. The van der Waals surface area contributed by atoms with Crippen LogP contribution < -0.4 is 4.72 Å². The molecule has 5 nitrogen and oxygen atoms in total. The molecular formula is C14H14F3N3O2S. The summed E-state index contributed by atoms with van der Waals surface area (Å²) in [5, 5.41) is 0. The first-order valence-electron chi connectivity index (χ1n) is 6.65. The van der Waals surface area contributed by atoms with Gasteiger partial charge in [0.2, 0.25) is 10.0 Å². The topological polar surface area (TPSA) is 72.0 Å². The lowest BCUT2D eigenvalue weighted by Gasteiger charge is -2.11. The first-order valence-corrected chi connectivity index (χ1v) is 8.30. The van der Waals surface area contributed by atoms with E-state index in [2.05, 4.69) is 14.7 Å². The van der Waals surface area contributed by atoms with Crippen LogP contribution >= 0.6 is 0 Å². The molecule has 0 aliphatic heterocycles. The molecule has 2 aromatic heterocycles. The SMILES string of the molecule is O=S(=O)(CCC(F)(F)F)NCc1cccnc1-c1cccnc1. The fourth-order valence-corrected chi connectivity index (χ4v) is 2.87. The Morgan fingerprint density at radius 1 is 1.13 bits per heavy atom. The third-order valence-electron chi connectivity index (χ3n) is 2.96. The van der Waals surface area contributed by atoms with Crippen molar-refractivity contribution in [3.05, 3.63) is 48.4 Å². The van der Waals surface area contributed by atoms with Gasteiger partial charge in [-0.25, -0.2) is 13.1 Å². The van der Waals surface area contributed by atoms with E-state index >= 15 is 0 Å². The van der Waals surface area contributed by atoms with Crippen molar-refractivity contribution in [1.82, 2.24) is 14.7 Å². The first-order chi connectivity index (χ1) is 10.8. The van der Waals surface area contributed by atoms with Gasteiger partial charge in [0, 0.05) is 30.7 Å². The van der Waals surface area contributed by atoms with Gasteiger partial charge in [-0.3, -0.25) is 9.97 Å². The number of halogens is 3. The zero-order valence-electron chi connectivity index (χ0n) is 11.9. The fourth-order valence-electron chi connectivity index (χ4n) is 1.85. The smallest absolute Gasteiger partial charge is 0.264 e. The lowest BCUT2D eigenvalue weighted by Crippen LogP contribution is -2.28. The van der Waals surface area contributed by atoms with E-state index in [1.807, 2.05) is 0 Å². The van der Waals surface area contributed by atoms with Gasteiger partial charge in [-0.15, -0.1) is 0 Å². The lowest BCUT2D eigenvalue weighted by atomic mass is 10.1. The Balaban J connectivity index is 2.10. The number of hydrogen-bond acceptors (Lipinski definition) is 4. The molecule has 23 heavy (non-hydrogen) atoms. The molecule has 0 saturated carbocycles. The largest absolute Gasteiger partial charge is 0.390 e. The van der Waals surface area contributed by atoms with Crippen LogP contribution in [0.2, 0.25) is 0 Å². The molecule has 0 unspecified atom stereocenters. The summed E-state index contributed by atoms with van der Waals surface area (Å²) >= 11 is 0. The number of pyridine rings is 2. The number of hydrogen-bond donors (Lipinski definition) is 1. The summed E-state index contributed by atoms with van der Waals surface area (Å²) in [6.07, 6.45) is -1.19. The maximum absolute atomic E-state index is 12.1. The first kappa shape index (κ1) is 17.4. The van der Waals surface area contributed by atoms with Crippen LogP contribution in [0.1, 0.15) is 12.0 Å². The van der Waals surface area contributed by atoms with Crippen molar-refractivity contribution < 1.29 is 21.6 Å². The van der Waals surface area contributed by atoms with Gasteiger partial charge >= 0.3 is 6.18 Å². The summed E-state index contributed by atoms with van der Waals surface area (Å²) in [7, 11) is -4.03. The Kier molecular flexibility index (Phi) is 5.32. The Morgan fingerprint density at radius 2 is 1.87 bits per heavy atom. The molecule has 2 rings (SSSR count). The van der Waals surface area contributed by atoms with Crippen molar-refractivity contribution in [2.24, 2.45) is 0 Å². The molecule has 0 aliphatic rings. The fraction of sp³-hybridized carbons (Fsp3) is 0.286. The molecule has 0 saturated heterocycles. The predicted octanol–water partition coefficient (Wildman–Crippen LogP) is 2.52. The van der Waals surface area contributed by atoms with Crippen molar-refractivity contribution in [1.29, 1.82) is 0 Å². The quantitative estimate of drug-likeness (QED) is 0.873. The van der Waals surface area contributed by atoms with Crippen molar-refractivity contribution in [3.63, 3.8) is 0 Å². The molecule has 0 radical (unpaired) electrons. The normalized spacial score (nSPS) is 12.3. The highest BCUT2D eigenvalue weighted by molar-refractivity contribution is 7.89. The second-order valence-corrected chi connectivity index (χ2v) is 6.68. The molecular weight excluding hydrogens is 331 g/mol. The minimum Gasteiger partial charge on any atom is -0.264 e. The van der Waals surface area contributed by atoms with Crippen LogP contribution in [-0.4, -0.2) is 30.3 Å². The summed E-state index contributed by atoms with van der Waals surface area (Å²) in [5.41, 5.74) is 1.77. The van der Waals surface area contributed by atoms with Crippen LogP contribution in [0.5, 0.6) is 0 Å². The van der Waals surface area contributed by atoms with E-state index in [-0.39, 0.29) is 6.54 Å². The molecule has 124 valence electrons. The van der Waals surface area contributed by atoms with Crippen LogP contribution in [0.4, 0.5) is 13.2 Å². The average Bonchev–Trinajstić information content (AvgIpc) is 2.52. The minimum atomic E-state index is -4.51. The number of aromatic nitrogens is 2. The summed E-state index contributed by atoms with van der Waals surface area (Å²) in [4.78, 5) is 8.14. The van der Waals surface area contributed by atoms with E-state index in [4.69, 9.17) is 0 Å². The monoisotopic (exact) mass is 345 g/mol. The van der Waals surface area contributed by atoms with Crippen molar-refractivity contribution >= 4 is 10.0 Å². The molecule has 0 spiro atoms. The molecule has 0 aliphatic carbocycles. The van der Waals surface area contributed by atoms with Crippen LogP contribution in [-0.2, 0) is 16.6 Å². The third kappa shape index (κ3) is 5.61. The lowest BCUT2D eigenvalue weighted by molar-refractivity contribution is -0.129. The Labute approximate surface area is 131 Å². The van der Waals surface area contributed by atoms with Crippen molar-refractivity contribution in [2.75, 3.05) is 5.75 Å². The van der Waals surface area contributed by atoms with Gasteiger partial charge in [0.1, 0.15) is 0 Å². The predicted molar refractivity (Wildman–Crippen MR) is 78.8 cm³/mol. The maximum Gasteiger partial charge on any atom is 0.390 e. The van der Waals surface area contributed by atoms with Gasteiger partial charge in [0.15, 0.2) is 0 Å². The number of nitrogens with zero attached hydrogens (tertiary/aromatic N) is 2. The van der Waals surface area contributed by atoms with E-state index in [9.17, 15) is 21.6 Å². The molecule has 0 aromatic carbocycles. The number of alkyl halides is 3. The summed E-state index contributed by atoms with van der Waals surface area (Å²) in [6.45, 7) is -0.141. The standard InChI is InChI=1S/C14H14F3N3O2S/c15-14(16,17)5-8-23(21,22)20-10-12-4-2-7-19-13(12)11-3-1-6-18-9-11/h1-4,6-7,9,20H,5,8,10H2. The summed E-state index contributed by atoms with van der Waals surface area (Å²) in [5.74, 6) is -1.00. The Bertz CT molecular complexity index is 749. The molecule has 1 N–H and O–H groups in total. The van der Waals surface area contributed by atoms with Crippen LogP contribution in [0, 0.1) is 0 Å².